The van der Waals surface area contributed by atoms with Crippen LogP contribution in [-0.4, -0.2) is 39.8 Å². The number of fused-ring (bicyclic) bond motifs is 1. The van der Waals surface area contributed by atoms with Gasteiger partial charge in [-0.1, -0.05) is 11.6 Å². The summed E-state index contributed by atoms with van der Waals surface area (Å²) in [6.45, 7) is -0.403. The number of pyridine rings is 1. The fourth-order valence-electron chi connectivity index (χ4n) is 1.68. The third-order valence-electron chi connectivity index (χ3n) is 2.71. The molecule has 0 bridgehead atoms. The van der Waals surface area contributed by atoms with Crippen LogP contribution in [0.1, 0.15) is 0 Å². The van der Waals surface area contributed by atoms with Crippen LogP contribution >= 0.6 is 11.6 Å². The predicted octanol–water partition coefficient (Wildman–Crippen LogP) is 1.46. The molecule has 4 N–H and O–H groups in total. The number of anilines is 1. The molecule has 7 nitrogen and oxygen atoms in total. The normalized spacial score (nSPS) is 11.9. The highest BCUT2D eigenvalue weighted by Gasteiger charge is 2.15. The van der Waals surface area contributed by atoms with E-state index in [1.807, 2.05) is 0 Å². The van der Waals surface area contributed by atoms with Crippen LogP contribution in [0.4, 0.5) is 10.5 Å². The molecule has 0 radical (unpaired) electrons. The number of aliphatic carboxylic acids is 1. The Morgan fingerprint density at radius 2 is 2.10 bits per heavy atom. The zero-order chi connectivity index (χ0) is 15.4. The van der Waals surface area contributed by atoms with Crippen molar-refractivity contribution in [2.24, 2.45) is 0 Å². The second-order valence-corrected chi connectivity index (χ2v) is 4.59. The Labute approximate surface area is 124 Å². The maximum atomic E-state index is 11.7. The average molecular weight is 310 g/mol. The molecule has 0 aliphatic heterocycles. The first-order chi connectivity index (χ1) is 9.99. The first-order valence-corrected chi connectivity index (χ1v) is 6.36. The van der Waals surface area contributed by atoms with Crippen molar-refractivity contribution in [3.63, 3.8) is 0 Å². The van der Waals surface area contributed by atoms with Crippen molar-refractivity contribution in [1.29, 1.82) is 0 Å². The largest absolute Gasteiger partial charge is 0.479 e. The van der Waals surface area contributed by atoms with E-state index in [1.54, 1.807) is 30.5 Å². The number of rotatable bonds is 4. The van der Waals surface area contributed by atoms with Gasteiger partial charge in [-0.25, -0.2) is 9.59 Å². The second-order valence-electron chi connectivity index (χ2n) is 4.18. The lowest BCUT2D eigenvalue weighted by Gasteiger charge is -2.11. The maximum absolute atomic E-state index is 11.7. The van der Waals surface area contributed by atoms with Crippen molar-refractivity contribution in [3.8, 4) is 0 Å². The Morgan fingerprint density at radius 1 is 1.33 bits per heavy atom. The monoisotopic (exact) mass is 309 g/mol. The molecule has 8 heteroatoms. The van der Waals surface area contributed by atoms with Crippen LogP contribution in [0, 0.1) is 0 Å². The fraction of sp³-hybridized carbons (Fsp3) is 0.154. The Kier molecular flexibility index (Phi) is 4.56. The molecular formula is C13H12ClN3O4. The van der Waals surface area contributed by atoms with Crippen LogP contribution in [0.15, 0.2) is 30.5 Å². The molecule has 0 aliphatic rings. The lowest BCUT2D eigenvalue weighted by molar-refractivity contribution is -0.146. The van der Waals surface area contributed by atoms with Crippen LogP contribution < -0.4 is 10.6 Å². The van der Waals surface area contributed by atoms with E-state index in [9.17, 15) is 9.59 Å². The van der Waals surface area contributed by atoms with Gasteiger partial charge in [0.25, 0.3) is 0 Å². The lowest BCUT2D eigenvalue weighted by Crippen LogP contribution is -2.38. The molecule has 1 heterocycles. The molecule has 110 valence electrons. The molecule has 0 saturated carbocycles. The summed E-state index contributed by atoms with van der Waals surface area (Å²) >= 11 is 6.04. The third-order valence-corrected chi connectivity index (χ3v) is 3.04. The Balaban J connectivity index is 2.11. The van der Waals surface area contributed by atoms with Crippen LogP contribution in [-0.2, 0) is 4.79 Å². The summed E-state index contributed by atoms with van der Waals surface area (Å²) < 4.78 is 0. The zero-order valence-electron chi connectivity index (χ0n) is 10.7. The number of carboxylic acid groups (broad SMARTS) is 1. The van der Waals surface area contributed by atoms with Crippen molar-refractivity contribution in [2.45, 2.75) is 6.10 Å². The first-order valence-electron chi connectivity index (χ1n) is 5.98. The van der Waals surface area contributed by atoms with Gasteiger partial charge in [-0.05, 0) is 24.3 Å². The van der Waals surface area contributed by atoms with Gasteiger partial charge < -0.3 is 20.8 Å². The van der Waals surface area contributed by atoms with Crippen LogP contribution in [0.3, 0.4) is 0 Å². The van der Waals surface area contributed by atoms with Crippen LogP contribution in [0.5, 0.6) is 0 Å². The summed E-state index contributed by atoms with van der Waals surface area (Å²) in [7, 11) is 0. The number of carbonyl (C=O) groups excluding carboxylic acids is 1. The van der Waals surface area contributed by atoms with Gasteiger partial charge in [0.1, 0.15) is 0 Å². The zero-order valence-corrected chi connectivity index (χ0v) is 11.5. The lowest BCUT2D eigenvalue weighted by atomic mass is 10.2. The van der Waals surface area contributed by atoms with Crippen molar-refractivity contribution in [3.05, 3.63) is 35.5 Å². The highest BCUT2D eigenvalue weighted by molar-refractivity contribution is 6.35. The predicted molar refractivity (Wildman–Crippen MR) is 77.4 cm³/mol. The van der Waals surface area contributed by atoms with E-state index in [2.05, 4.69) is 15.6 Å². The summed E-state index contributed by atoms with van der Waals surface area (Å²) in [5.74, 6) is -1.41. The molecule has 1 unspecified atom stereocenters. The number of aliphatic hydroxyl groups excluding tert-OH is 1. The number of carbonyl (C=O) groups is 2. The molecule has 0 saturated heterocycles. The average Bonchev–Trinajstić information content (AvgIpc) is 2.48. The van der Waals surface area contributed by atoms with E-state index in [0.717, 1.165) is 0 Å². The number of nitrogens with zero attached hydrogens (tertiary/aromatic N) is 1. The Bertz CT molecular complexity index is 692. The van der Waals surface area contributed by atoms with Crippen molar-refractivity contribution >= 4 is 40.2 Å². The number of aliphatic hydroxyl groups is 1. The molecule has 21 heavy (non-hydrogen) atoms. The van der Waals surface area contributed by atoms with Gasteiger partial charge in [0, 0.05) is 11.6 Å². The van der Waals surface area contributed by atoms with Gasteiger partial charge in [-0.2, -0.15) is 0 Å². The van der Waals surface area contributed by atoms with Crippen molar-refractivity contribution in [2.75, 3.05) is 11.9 Å². The van der Waals surface area contributed by atoms with Gasteiger partial charge in [-0.3, -0.25) is 4.98 Å². The summed E-state index contributed by atoms with van der Waals surface area (Å²) in [5.41, 5.74) is 0.941. The number of halogens is 1. The van der Waals surface area contributed by atoms with Gasteiger partial charge in [0.15, 0.2) is 6.10 Å². The smallest absolute Gasteiger partial charge is 0.334 e. The molecule has 1 aromatic heterocycles. The van der Waals surface area contributed by atoms with E-state index in [1.165, 1.54) is 0 Å². The highest BCUT2D eigenvalue weighted by atomic mass is 35.5. The summed E-state index contributed by atoms with van der Waals surface area (Å²) in [5, 5.41) is 23.6. The van der Waals surface area contributed by atoms with E-state index >= 15 is 0 Å². The second kappa shape index (κ2) is 6.38. The van der Waals surface area contributed by atoms with E-state index < -0.39 is 24.6 Å². The van der Waals surface area contributed by atoms with Gasteiger partial charge >= 0.3 is 12.0 Å². The minimum absolute atomic E-state index is 0.403. The summed E-state index contributed by atoms with van der Waals surface area (Å²) in [6.07, 6.45) is -0.0912. The number of hydrogen-bond donors (Lipinski definition) is 4. The number of carboxylic acids is 1. The number of aromatic nitrogens is 1. The molecule has 0 spiro atoms. The number of hydrogen-bond acceptors (Lipinski definition) is 4. The van der Waals surface area contributed by atoms with Gasteiger partial charge in [0.05, 0.1) is 22.8 Å². The molecule has 1 atom stereocenters. The van der Waals surface area contributed by atoms with Crippen molar-refractivity contribution in [1.82, 2.24) is 10.3 Å². The van der Waals surface area contributed by atoms with E-state index in [0.29, 0.717) is 21.6 Å². The number of benzene rings is 1. The third kappa shape index (κ3) is 3.59. The van der Waals surface area contributed by atoms with Gasteiger partial charge in [0.2, 0.25) is 0 Å². The van der Waals surface area contributed by atoms with Crippen LogP contribution in [0.2, 0.25) is 5.02 Å². The highest BCUT2D eigenvalue weighted by Crippen LogP contribution is 2.27. The van der Waals surface area contributed by atoms with E-state index in [-0.39, 0.29) is 0 Å². The standard InChI is InChI=1S/C13H12ClN3O4/c14-8-3-4-9(11-7(8)2-1-5-15-11)17-13(21)16-6-10(18)12(19)20/h1-5,10,18H,6H2,(H,19,20)(H2,16,17,21). The minimum Gasteiger partial charge on any atom is -0.479 e. The molecule has 2 rings (SSSR count). The number of nitrogens with one attached hydrogen (secondary N) is 2. The number of urea groups is 1. The topological polar surface area (TPSA) is 112 Å². The molecule has 0 aliphatic carbocycles. The first kappa shape index (κ1) is 15.0. The SMILES string of the molecule is O=C(NCC(O)C(=O)O)Nc1ccc(Cl)c2cccnc12. The number of amides is 2. The minimum atomic E-state index is -1.66. The quantitative estimate of drug-likeness (QED) is 0.683. The molecular weight excluding hydrogens is 298 g/mol. The molecule has 1 aromatic carbocycles. The van der Waals surface area contributed by atoms with Crippen LogP contribution in [0.25, 0.3) is 10.9 Å². The molecule has 2 amide bonds. The maximum Gasteiger partial charge on any atom is 0.334 e. The Morgan fingerprint density at radius 3 is 2.81 bits per heavy atom. The summed E-state index contributed by atoms with van der Waals surface area (Å²) in [6, 6.07) is 6.05. The molecule has 0 fully saturated rings. The molecule has 2 aromatic rings. The van der Waals surface area contributed by atoms with Crippen molar-refractivity contribution < 1.29 is 19.8 Å². The fourth-order valence-corrected chi connectivity index (χ4v) is 1.90. The summed E-state index contributed by atoms with van der Waals surface area (Å²) in [4.78, 5) is 26.3. The Hall–Kier alpha value is -2.38. The van der Waals surface area contributed by atoms with E-state index in [4.69, 9.17) is 21.8 Å². The van der Waals surface area contributed by atoms with Gasteiger partial charge in [-0.15, -0.1) is 0 Å².